The van der Waals surface area contributed by atoms with Crippen LogP contribution < -0.4 is 5.32 Å². The number of benzene rings is 1. The molecule has 2 aliphatic rings. The van der Waals surface area contributed by atoms with Crippen molar-refractivity contribution in [2.75, 3.05) is 5.32 Å². The number of rotatable bonds is 6. The van der Waals surface area contributed by atoms with Gasteiger partial charge in [-0.15, -0.1) is 21.5 Å². The Hall–Kier alpha value is -3.26. The van der Waals surface area contributed by atoms with Gasteiger partial charge in [0.25, 0.3) is 5.91 Å². The molecule has 3 heterocycles. The SMILES string of the molecule is O=C(Nc1csc(-c2nncn2C2CC2)c1)c1cccc(-n2cnc(C3CC3)c2)c1. The maximum atomic E-state index is 12.8. The fourth-order valence-corrected chi connectivity index (χ4v) is 4.47. The van der Waals surface area contributed by atoms with Crippen LogP contribution in [0.3, 0.4) is 0 Å². The van der Waals surface area contributed by atoms with Crippen LogP contribution in [0.5, 0.6) is 0 Å². The van der Waals surface area contributed by atoms with Crippen molar-refractivity contribution in [1.29, 1.82) is 0 Å². The van der Waals surface area contributed by atoms with Crippen molar-refractivity contribution in [2.24, 2.45) is 0 Å². The highest BCUT2D eigenvalue weighted by molar-refractivity contribution is 7.14. The van der Waals surface area contributed by atoms with E-state index in [1.54, 1.807) is 17.7 Å². The second-order valence-corrected chi connectivity index (χ2v) is 8.89. The second kappa shape index (κ2) is 6.91. The Morgan fingerprint density at radius 2 is 2.03 bits per heavy atom. The topological polar surface area (TPSA) is 77.6 Å². The first-order chi connectivity index (χ1) is 14.7. The van der Waals surface area contributed by atoms with Crippen LogP contribution >= 0.6 is 11.3 Å². The van der Waals surface area contributed by atoms with Gasteiger partial charge in [0.1, 0.15) is 6.33 Å². The van der Waals surface area contributed by atoms with Crippen LogP contribution in [0.15, 0.2) is 54.6 Å². The lowest BCUT2D eigenvalue weighted by Gasteiger charge is -2.06. The molecule has 2 saturated carbocycles. The molecule has 0 bridgehead atoms. The van der Waals surface area contributed by atoms with E-state index in [2.05, 4.69) is 31.3 Å². The van der Waals surface area contributed by atoms with E-state index in [4.69, 9.17) is 0 Å². The molecular weight excluding hydrogens is 396 g/mol. The maximum absolute atomic E-state index is 12.8. The Labute approximate surface area is 177 Å². The first-order valence-electron chi connectivity index (χ1n) is 10.2. The van der Waals surface area contributed by atoms with Gasteiger partial charge in [-0.3, -0.25) is 4.79 Å². The predicted octanol–water partition coefficient (Wildman–Crippen LogP) is 4.66. The molecule has 1 N–H and O–H groups in total. The van der Waals surface area contributed by atoms with Crippen LogP contribution in [0.2, 0.25) is 0 Å². The van der Waals surface area contributed by atoms with E-state index in [1.165, 1.54) is 25.7 Å². The highest BCUT2D eigenvalue weighted by Crippen LogP contribution is 2.40. The number of anilines is 1. The molecule has 8 heteroatoms. The van der Waals surface area contributed by atoms with Crippen LogP contribution in [0.4, 0.5) is 5.69 Å². The van der Waals surface area contributed by atoms with Crippen molar-refractivity contribution in [2.45, 2.75) is 37.6 Å². The monoisotopic (exact) mass is 416 g/mol. The number of aromatic nitrogens is 5. The molecule has 4 aromatic rings. The van der Waals surface area contributed by atoms with E-state index in [1.807, 2.05) is 46.6 Å². The van der Waals surface area contributed by atoms with Crippen LogP contribution in [0.1, 0.15) is 53.7 Å². The molecule has 150 valence electrons. The third-order valence-corrected chi connectivity index (χ3v) is 6.52. The first kappa shape index (κ1) is 17.6. The van der Waals surface area contributed by atoms with Crippen molar-refractivity contribution in [3.8, 4) is 16.4 Å². The van der Waals surface area contributed by atoms with Crippen molar-refractivity contribution in [3.63, 3.8) is 0 Å². The van der Waals surface area contributed by atoms with Gasteiger partial charge >= 0.3 is 0 Å². The molecule has 7 nitrogen and oxygen atoms in total. The van der Waals surface area contributed by atoms with Gasteiger partial charge in [-0.2, -0.15) is 0 Å². The number of imidazole rings is 1. The number of nitrogens with zero attached hydrogens (tertiary/aromatic N) is 5. The van der Waals surface area contributed by atoms with Crippen LogP contribution in [-0.2, 0) is 0 Å². The summed E-state index contributed by atoms with van der Waals surface area (Å²) in [7, 11) is 0. The third-order valence-electron chi connectivity index (χ3n) is 5.60. The summed E-state index contributed by atoms with van der Waals surface area (Å²) in [6.45, 7) is 0. The van der Waals surface area contributed by atoms with E-state index in [0.29, 0.717) is 17.5 Å². The molecule has 3 aromatic heterocycles. The lowest BCUT2D eigenvalue weighted by Crippen LogP contribution is -2.11. The quantitative estimate of drug-likeness (QED) is 0.496. The van der Waals surface area contributed by atoms with Crippen molar-refractivity contribution in [3.05, 3.63) is 65.8 Å². The number of thiophene rings is 1. The molecule has 0 radical (unpaired) electrons. The Kier molecular flexibility index (Phi) is 4.05. The van der Waals surface area contributed by atoms with Crippen LogP contribution in [0.25, 0.3) is 16.4 Å². The van der Waals surface area contributed by atoms with Gasteiger partial charge in [0.05, 0.1) is 22.6 Å². The Balaban J connectivity index is 1.20. The molecule has 0 aliphatic heterocycles. The zero-order valence-electron chi connectivity index (χ0n) is 16.2. The van der Waals surface area contributed by atoms with Crippen molar-refractivity contribution < 1.29 is 4.79 Å². The van der Waals surface area contributed by atoms with Crippen LogP contribution in [-0.4, -0.2) is 30.2 Å². The Morgan fingerprint density at radius 1 is 1.13 bits per heavy atom. The molecule has 2 fully saturated rings. The van der Waals surface area contributed by atoms with E-state index in [9.17, 15) is 4.79 Å². The zero-order chi connectivity index (χ0) is 20.1. The summed E-state index contributed by atoms with van der Waals surface area (Å²) in [5.74, 6) is 1.35. The summed E-state index contributed by atoms with van der Waals surface area (Å²) in [6.07, 6.45) is 10.5. The number of amides is 1. The smallest absolute Gasteiger partial charge is 0.255 e. The number of nitrogens with one attached hydrogen (secondary N) is 1. The maximum Gasteiger partial charge on any atom is 0.255 e. The molecule has 0 unspecified atom stereocenters. The lowest BCUT2D eigenvalue weighted by atomic mass is 10.2. The number of hydrogen-bond donors (Lipinski definition) is 1. The van der Waals surface area contributed by atoms with Gasteiger partial charge in [0.2, 0.25) is 0 Å². The number of carbonyl (C=O) groups excluding carboxylic acids is 1. The lowest BCUT2D eigenvalue weighted by molar-refractivity contribution is 0.102. The largest absolute Gasteiger partial charge is 0.321 e. The summed E-state index contributed by atoms with van der Waals surface area (Å²) in [5, 5.41) is 13.3. The van der Waals surface area contributed by atoms with Crippen molar-refractivity contribution >= 4 is 22.9 Å². The molecule has 0 saturated heterocycles. The minimum Gasteiger partial charge on any atom is -0.321 e. The van der Waals surface area contributed by atoms with Crippen LogP contribution in [0, 0.1) is 0 Å². The predicted molar refractivity (Wildman–Crippen MR) is 115 cm³/mol. The van der Waals surface area contributed by atoms with E-state index in [-0.39, 0.29) is 5.91 Å². The fraction of sp³-hybridized carbons (Fsp3) is 0.273. The molecule has 6 rings (SSSR count). The average molecular weight is 417 g/mol. The van der Waals surface area contributed by atoms with E-state index < -0.39 is 0 Å². The summed E-state index contributed by atoms with van der Waals surface area (Å²) in [6, 6.07) is 10.1. The summed E-state index contributed by atoms with van der Waals surface area (Å²) in [5.41, 5.74) is 3.46. The van der Waals surface area contributed by atoms with E-state index in [0.717, 1.165) is 27.8 Å². The standard InChI is InChI=1S/C22H20N6OS/c29-22(15-2-1-3-18(8-15)27-10-19(23-12-27)14-4-5-14)25-16-9-20(30-11-16)21-26-24-13-28(21)17-6-7-17/h1-3,8-14,17H,4-7H2,(H,25,29). The number of hydrogen-bond acceptors (Lipinski definition) is 5. The first-order valence-corrected chi connectivity index (χ1v) is 11.1. The highest BCUT2D eigenvalue weighted by atomic mass is 32.1. The normalized spacial score (nSPS) is 16.0. The average Bonchev–Trinajstić information content (AvgIpc) is 3.64. The molecule has 2 aliphatic carbocycles. The minimum absolute atomic E-state index is 0.132. The van der Waals surface area contributed by atoms with Gasteiger partial charge in [-0.1, -0.05) is 6.07 Å². The van der Waals surface area contributed by atoms with Gasteiger partial charge < -0.3 is 14.5 Å². The molecule has 0 spiro atoms. The minimum atomic E-state index is -0.132. The summed E-state index contributed by atoms with van der Waals surface area (Å²) >= 11 is 1.56. The van der Waals surface area contributed by atoms with Gasteiger partial charge in [-0.05, 0) is 49.9 Å². The molecule has 0 atom stereocenters. The Morgan fingerprint density at radius 3 is 2.87 bits per heavy atom. The van der Waals surface area contributed by atoms with Gasteiger partial charge in [-0.25, -0.2) is 4.98 Å². The molecule has 30 heavy (non-hydrogen) atoms. The fourth-order valence-electron chi connectivity index (χ4n) is 3.64. The molecule has 1 aromatic carbocycles. The van der Waals surface area contributed by atoms with Gasteiger partial charge in [0.15, 0.2) is 5.82 Å². The third kappa shape index (κ3) is 3.33. The van der Waals surface area contributed by atoms with Crippen molar-refractivity contribution in [1.82, 2.24) is 24.3 Å². The summed E-state index contributed by atoms with van der Waals surface area (Å²) in [4.78, 5) is 18.3. The molecular formula is C22H20N6OS. The second-order valence-electron chi connectivity index (χ2n) is 7.98. The zero-order valence-corrected chi connectivity index (χ0v) is 17.0. The van der Waals surface area contributed by atoms with Gasteiger partial charge in [0, 0.05) is 34.8 Å². The highest BCUT2D eigenvalue weighted by Gasteiger charge is 2.27. The Bertz CT molecular complexity index is 1230. The summed E-state index contributed by atoms with van der Waals surface area (Å²) < 4.78 is 4.11. The molecule has 1 amide bonds. The van der Waals surface area contributed by atoms with E-state index >= 15 is 0 Å². The number of carbonyl (C=O) groups is 1.